The first-order valence-electron chi connectivity index (χ1n) is 8.32. The molecule has 21 heavy (non-hydrogen) atoms. The first-order chi connectivity index (χ1) is 9.68. The molecule has 1 aromatic rings. The summed E-state index contributed by atoms with van der Waals surface area (Å²) in [5.41, 5.74) is 9.34. The predicted molar refractivity (Wildman–Crippen MR) is 91.4 cm³/mol. The van der Waals surface area contributed by atoms with Crippen LogP contribution >= 0.6 is 0 Å². The van der Waals surface area contributed by atoms with E-state index in [4.69, 9.17) is 5.73 Å². The number of rotatable bonds is 3. The Morgan fingerprint density at radius 2 is 1.76 bits per heavy atom. The summed E-state index contributed by atoms with van der Waals surface area (Å²) in [5.74, 6) is 0.768. The van der Waals surface area contributed by atoms with E-state index in [2.05, 4.69) is 63.8 Å². The second-order valence-corrected chi connectivity index (χ2v) is 8.17. The second-order valence-electron chi connectivity index (χ2n) is 8.17. The average Bonchev–Trinajstić information content (AvgIpc) is 2.38. The molecule has 2 unspecified atom stereocenters. The minimum atomic E-state index is -0.238. The van der Waals surface area contributed by atoms with Crippen LogP contribution in [0.15, 0.2) is 24.3 Å². The second kappa shape index (κ2) is 6.10. The summed E-state index contributed by atoms with van der Waals surface area (Å²) in [5, 5.41) is 0. The highest BCUT2D eigenvalue weighted by Crippen LogP contribution is 2.26. The van der Waals surface area contributed by atoms with Gasteiger partial charge in [0, 0.05) is 13.0 Å². The number of hydrogen-bond acceptors (Lipinski definition) is 2. The Morgan fingerprint density at radius 1 is 1.14 bits per heavy atom. The van der Waals surface area contributed by atoms with E-state index >= 15 is 0 Å². The van der Waals surface area contributed by atoms with Gasteiger partial charge in [-0.05, 0) is 48.8 Å². The van der Waals surface area contributed by atoms with E-state index in [0.717, 1.165) is 25.4 Å². The lowest BCUT2D eigenvalue weighted by Gasteiger charge is -2.43. The maximum absolute atomic E-state index is 6.64. The van der Waals surface area contributed by atoms with Crippen LogP contribution in [0.2, 0.25) is 0 Å². The molecule has 1 saturated heterocycles. The van der Waals surface area contributed by atoms with Crippen LogP contribution in [-0.4, -0.2) is 23.7 Å². The van der Waals surface area contributed by atoms with E-state index in [1.54, 1.807) is 0 Å². The van der Waals surface area contributed by atoms with Gasteiger partial charge in [0.15, 0.2) is 0 Å². The number of benzene rings is 1. The average molecular weight is 288 g/mol. The Balaban J connectivity index is 2.06. The van der Waals surface area contributed by atoms with Gasteiger partial charge in [-0.1, -0.05) is 52.0 Å². The Morgan fingerprint density at radius 3 is 2.29 bits per heavy atom. The zero-order valence-electron chi connectivity index (χ0n) is 14.4. The Bertz CT molecular complexity index is 453. The third-order valence-corrected chi connectivity index (χ3v) is 4.76. The van der Waals surface area contributed by atoms with Gasteiger partial charge < -0.3 is 5.73 Å². The van der Waals surface area contributed by atoms with E-state index in [1.807, 2.05) is 0 Å². The summed E-state index contributed by atoms with van der Waals surface area (Å²) in [6, 6.07) is 9.01. The van der Waals surface area contributed by atoms with E-state index in [0.29, 0.717) is 0 Å². The lowest BCUT2D eigenvalue weighted by molar-refractivity contribution is 0.0627. The van der Waals surface area contributed by atoms with Gasteiger partial charge in [-0.3, -0.25) is 4.90 Å². The van der Waals surface area contributed by atoms with Gasteiger partial charge in [0.05, 0.1) is 5.66 Å². The van der Waals surface area contributed by atoms with Crippen LogP contribution in [0.5, 0.6) is 0 Å². The molecule has 1 heterocycles. The Kier molecular flexibility index (Phi) is 4.79. The Labute approximate surface area is 130 Å². The van der Waals surface area contributed by atoms with Crippen molar-refractivity contribution < 1.29 is 0 Å². The van der Waals surface area contributed by atoms with Gasteiger partial charge in [-0.15, -0.1) is 0 Å². The molecule has 1 aliphatic rings. The molecule has 0 saturated carbocycles. The minimum Gasteiger partial charge on any atom is -0.313 e. The molecule has 2 atom stereocenters. The molecule has 0 bridgehead atoms. The van der Waals surface area contributed by atoms with Gasteiger partial charge >= 0.3 is 0 Å². The number of nitrogens with two attached hydrogens (primary N) is 1. The molecule has 1 aliphatic heterocycles. The highest BCUT2D eigenvalue weighted by atomic mass is 15.3. The standard InChI is InChI=1S/C19H32N2/c1-15-7-6-12-21(14-15)19(5,20)13-16-8-10-17(11-9-16)18(2,3)4/h8-11,15H,6-7,12-14,20H2,1-5H3. The van der Waals surface area contributed by atoms with Gasteiger partial charge in [0.1, 0.15) is 0 Å². The van der Waals surface area contributed by atoms with Crippen LogP contribution in [0.1, 0.15) is 58.6 Å². The summed E-state index contributed by atoms with van der Waals surface area (Å²) < 4.78 is 0. The molecular weight excluding hydrogens is 256 g/mol. The molecule has 1 aromatic carbocycles. The number of hydrogen-bond donors (Lipinski definition) is 1. The molecule has 0 aliphatic carbocycles. The summed E-state index contributed by atoms with van der Waals surface area (Å²) >= 11 is 0. The lowest BCUT2D eigenvalue weighted by atomic mass is 9.86. The van der Waals surface area contributed by atoms with E-state index in [1.165, 1.54) is 24.0 Å². The zero-order chi connectivity index (χ0) is 15.7. The molecule has 2 rings (SSSR count). The number of likely N-dealkylation sites (tertiary alicyclic amines) is 1. The molecule has 2 heteroatoms. The summed E-state index contributed by atoms with van der Waals surface area (Å²) in [6.07, 6.45) is 3.54. The normalized spacial score (nSPS) is 23.8. The fraction of sp³-hybridized carbons (Fsp3) is 0.684. The van der Waals surface area contributed by atoms with Crippen LogP contribution in [0.25, 0.3) is 0 Å². The monoisotopic (exact) mass is 288 g/mol. The van der Waals surface area contributed by atoms with Gasteiger partial charge in [-0.2, -0.15) is 0 Å². The van der Waals surface area contributed by atoms with E-state index in [9.17, 15) is 0 Å². The Hall–Kier alpha value is -0.860. The highest BCUT2D eigenvalue weighted by Gasteiger charge is 2.30. The SMILES string of the molecule is CC1CCCN(C(C)(N)Cc2ccc(C(C)(C)C)cc2)C1. The third-order valence-electron chi connectivity index (χ3n) is 4.76. The van der Waals surface area contributed by atoms with Crippen molar-refractivity contribution in [3.05, 3.63) is 35.4 Å². The van der Waals surface area contributed by atoms with Gasteiger partial charge in [0.25, 0.3) is 0 Å². The summed E-state index contributed by atoms with van der Waals surface area (Å²) in [6.45, 7) is 13.5. The van der Waals surface area contributed by atoms with E-state index in [-0.39, 0.29) is 11.1 Å². The fourth-order valence-electron chi connectivity index (χ4n) is 3.30. The first kappa shape index (κ1) is 16.5. The van der Waals surface area contributed by atoms with Crippen molar-refractivity contribution >= 4 is 0 Å². The summed E-state index contributed by atoms with van der Waals surface area (Å²) in [7, 11) is 0. The van der Waals surface area contributed by atoms with Crippen LogP contribution in [0.4, 0.5) is 0 Å². The van der Waals surface area contributed by atoms with Crippen molar-refractivity contribution in [2.45, 2.75) is 65.0 Å². The van der Waals surface area contributed by atoms with Gasteiger partial charge in [0.2, 0.25) is 0 Å². The molecule has 0 aromatic heterocycles. The highest BCUT2D eigenvalue weighted by molar-refractivity contribution is 5.28. The fourth-order valence-corrected chi connectivity index (χ4v) is 3.30. The lowest BCUT2D eigenvalue weighted by Crippen LogP contribution is -2.58. The van der Waals surface area contributed by atoms with Crippen molar-refractivity contribution in [3.8, 4) is 0 Å². The van der Waals surface area contributed by atoms with Gasteiger partial charge in [-0.25, -0.2) is 0 Å². The van der Waals surface area contributed by atoms with Crippen molar-refractivity contribution in [2.75, 3.05) is 13.1 Å². The van der Waals surface area contributed by atoms with Crippen molar-refractivity contribution in [1.82, 2.24) is 4.90 Å². The molecule has 0 amide bonds. The largest absolute Gasteiger partial charge is 0.313 e. The van der Waals surface area contributed by atoms with Crippen molar-refractivity contribution in [2.24, 2.45) is 11.7 Å². The smallest absolute Gasteiger partial charge is 0.0699 e. The molecule has 2 nitrogen and oxygen atoms in total. The summed E-state index contributed by atoms with van der Waals surface area (Å²) in [4.78, 5) is 2.47. The zero-order valence-corrected chi connectivity index (χ0v) is 14.4. The minimum absolute atomic E-state index is 0.215. The molecule has 2 N–H and O–H groups in total. The van der Waals surface area contributed by atoms with E-state index < -0.39 is 0 Å². The van der Waals surface area contributed by atoms with Crippen LogP contribution in [-0.2, 0) is 11.8 Å². The molecular formula is C19H32N2. The van der Waals surface area contributed by atoms with Crippen LogP contribution < -0.4 is 5.73 Å². The third kappa shape index (κ3) is 4.31. The number of piperidine rings is 1. The molecule has 118 valence electrons. The quantitative estimate of drug-likeness (QED) is 0.913. The maximum Gasteiger partial charge on any atom is 0.0699 e. The molecule has 0 radical (unpaired) electrons. The molecule has 1 fully saturated rings. The van der Waals surface area contributed by atoms with Crippen LogP contribution in [0, 0.1) is 5.92 Å². The van der Waals surface area contributed by atoms with Crippen molar-refractivity contribution in [3.63, 3.8) is 0 Å². The topological polar surface area (TPSA) is 29.3 Å². The number of nitrogens with zero attached hydrogens (tertiary/aromatic N) is 1. The first-order valence-corrected chi connectivity index (χ1v) is 8.32. The molecule has 0 spiro atoms. The van der Waals surface area contributed by atoms with Crippen molar-refractivity contribution in [1.29, 1.82) is 0 Å². The maximum atomic E-state index is 6.64. The predicted octanol–water partition coefficient (Wildman–Crippen LogP) is 3.93. The van der Waals surface area contributed by atoms with Crippen LogP contribution in [0.3, 0.4) is 0 Å².